The van der Waals surface area contributed by atoms with Gasteiger partial charge < -0.3 is 70.9 Å². The predicted molar refractivity (Wildman–Crippen MR) is 306 cm³/mol. The summed E-state index contributed by atoms with van der Waals surface area (Å²) in [6, 6.07) is 0. The molecule has 20 N–H and O–H groups in total. The molecule has 12 unspecified atom stereocenters. The molecule has 4 aliphatic carbocycles. The molecule has 4 aliphatic rings. The van der Waals surface area contributed by atoms with Crippen LogP contribution in [0.25, 0.3) is 0 Å². The average molecular weight is 1180 g/mol. The van der Waals surface area contributed by atoms with Crippen LogP contribution < -0.4 is 54.0 Å². The van der Waals surface area contributed by atoms with E-state index in [4.69, 9.17) is 48.3 Å². The predicted octanol–water partition coefficient (Wildman–Crippen LogP) is -4.43. The third kappa shape index (κ3) is 22.9. The molecule has 4 aromatic heterocycles. The van der Waals surface area contributed by atoms with Gasteiger partial charge >= 0.3 is 23.7 Å². The van der Waals surface area contributed by atoms with Crippen molar-refractivity contribution in [3.63, 3.8) is 0 Å². The molecule has 4 saturated carbocycles. The molecule has 4 aromatic rings. The van der Waals surface area contributed by atoms with E-state index in [1.807, 2.05) is 0 Å². The van der Waals surface area contributed by atoms with Crippen molar-refractivity contribution in [1.82, 2.24) is 39.9 Å². The fraction of sp³-hybridized carbons (Fsp3) is 0.655. The summed E-state index contributed by atoms with van der Waals surface area (Å²) in [6.45, 7) is 2.72. The molecule has 12 atom stereocenters. The highest BCUT2D eigenvalue weighted by Gasteiger charge is 2.55. The lowest BCUT2D eigenvalue weighted by atomic mass is 10.1. The normalized spacial score (nSPS) is 24.4. The quantitative estimate of drug-likeness (QED) is 0.0116. The highest BCUT2D eigenvalue weighted by molar-refractivity contribution is 5.76. The number of aliphatic carboxylic acids is 4. The van der Waals surface area contributed by atoms with Gasteiger partial charge in [0.15, 0.2) is 0 Å². The van der Waals surface area contributed by atoms with Gasteiger partial charge in [-0.25, -0.2) is 30.8 Å². The van der Waals surface area contributed by atoms with Crippen LogP contribution in [0.3, 0.4) is 0 Å². The van der Waals surface area contributed by atoms with Crippen molar-refractivity contribution in [2.45, 2.75) is 128 Å². The molecule has 0 aromatic carbocycles. The Labute approximate surface area is 491 Å². The summed E-state index contributed by atoms with van der Waals surface area (Å²) in [7, 11) is 3.15. The van der Waals surface area contributed by atoms with Gasteiger partial charge in [-0.05, 0) is 163 Å². The smallest absolute Gasteiger partial charge is 0.332 e. The van der Waals surface area contributed by atoms with Gasteiger partial charge in [0.1, 0.15) is 0 Å². The van der Waals surface area contributed by atoms with Gasteiger partial charge in [-0.15, -0.1) is 0 Å². The number of methoxy groups -OCH3 is 2. The maximum Gasteiger partial charge on any atom is 0.332 e. The van der Waals surface area contributed by atoms with Crippen molar-refractivity contribution in [2.75, 3.05) is 40.4 Å². The van der Waals surface area contributed by atoms with Crippen molar-refractivity contribution in [3.8, 4) is 0 Å². The van der Waals surface area contributed by atoms with E-state index in [0.29, 0.717) is 37.2 Å². The highest BCUT2D eigenvalue weighted by atomic mass is 16.5. The van der Waals surface area contributed by atoms with Gasteiger partial charge in [-0.3, -0.25) is 31.0 Å². The summed E-state index contributed by atoms with van der Waals surface area (Å²) in [4.78, 5) is 79.4. The fourth-order valence-electron chi connectivity index (χ4n) is 12.0. The van der Waals surface area contributed by atoms with E-state index < -0.39 is 23.9 Å². The van der Waals surface area contributed by atoms with Crippen molar-refractivity contribution in [3.05, 3.63) is 72.9 Å². The second kappa shape index (κ2) is 35.6. The Kier molecular flexibility index (Phi) is 28.5. The molecule has 0 aliphatic heterocycles. The Morgan fingerprint density at radius 1 is 0.488 bits per heavy atom. The summed E-state index contributed by atoms with van der Waals surface area (Å²) < 4.78 is 9.62. The molecule has 8 rings (SSSR count). The van der Waals surface area contributed by atoms with E-state index in [1.165, 1.54) is 0 Å². The van der Waals surface area contributed by atoms with E-state index >= 15 is 0 Å². The zero-order chi connectivity index (χ0) is 61.0. The average Bonchev–Trinajstić information content (AvgIpc) is 2.36. The van der Waals surface area contributed by atoms with Crippen LogP contribution in [0.5, 0.6) is 0 Å². The van der Waals surface area contributed by atoms with Crippen LogP contribution in [0.4, 0.5) is 0 Å². The molecule has 0 spiro atoms. The summed E-state index contributed by atoms with van der Waals surface area (Å²) in [5.41, 5.74) is 27.1. The van der Waals surface area contributed by atoms with Crippen LogP contribution >= 0.6 is 0 Å². The molecular formula is C58H94N16O10+2. The van der Waals surface area contributed by atoms with Crippen LogP contribution in [0.2, 0.25) is 0 Å². The number of carboxylic acid groups (broad SMARTS) is 4. The molecule has 26 heteroatoms. The van der Waals surface area contributed by atoms with Gasteiger partial charge in [0, 0.05) is 84.2 Å². The number of hydrogen-bond donors (Lipinski definition) is 14. The number of nitrogens with zero attached hydrogens (tertiary/aromatic N) is 4. The van der Waals surface area contributed by atoms with Crippen molar-refractivity contribution in [1.29, 1.82) is 0 Å². The van der Waals surface area contributed by atoms with Gasteiger partial charge in [0.25, 0.3) is 0 Å². The largest absolute Gasteiger partial charge is 0.550 e. The number of ether oxygens (including phenoxy) is 2. The molecule has 0 amide bonds. The molecule has 4 fully saturated rings. The number of nitrogens with one attached hydrogen (secondary N) is 6. The van der Waals surface area contributed by atoms with Crippen molar-refractivity contribution in [2.24, 2.45) is 93.9 Å². The zero-order valence-electron chi connectivity index (χ0n) is 48.9. The van der Waals surface area contributed by atoms with Crippen LogP contribution in [0.15, 0.2) is 50.1 Å². The second-order valence-corrected chi connectivity index (χ2v) is 22.7. The monoisotopic (exact) mass is 1170 g/mol. The van der Waals surface area contributed by atoms with Gasteiger partial charge in [-0.1, -0.05) is 0 Å². The van der Waals surface area contributed by atoms with Gasteiger partial charge in [0.2, 0.25) is 11.7 Å². The highest BCUT2D eigenvalue weighted by Crippen LogP contribution is 2.53. The molecule has 0 radical (unpaired) electrons. The lowest BCUT2D eigenvalue weighted by molar-refractivity contribution is -0.461. The molecule has 4 heterocycles. The first kappa shape index (κ1) is 67.3. The number of aromatic amines is 4. The molecule has 464 valence electrons. The number of carbonyl (C=O) groups excluding carboxylic acids is 2. The molecular weight excluding hydrogens is 1080 g/mol. The maximum atomic E-state index is 11.5. The van der Waals surface area contributed by atoms with E-state index in [1.54, 1.807) is 64.3 Å². The number of carbonyl (C=O) groups is 4. The topological polar surface area (TPSA) is 471 Å². The first-order valence-electron chi connectivity index (χ1n) is 29.7. The minimum absolute atomic E-state index is 0.113. The number of hydrogen-bond acceptors (Lipinski definition) is 14. The van der Waals surface area contributed by atoms with E-state index in [2.05, 4.69) is 49.9 Å². The summed E-state index contributed by atoms with van der Waals surface area (Å²) in [6.07, 6.45) is 30.4. The van der Waals surface area contributed by atoms with Crippen LogP contribution in [0.1, 0.15) is 126 Å². The Balaban J connectivity index is 0.000000239. The summed E-state index contributed by atoms with van der Waals surface area (Å²) in [5.74, 6) is -0.123. The summed E-state index contributed by atoms with van der Waals surface area (Å²) in [5, 5.41) is 51.8. The van der Waals surface area contributed by atoms with E-state index in [0.717, 1.165) is 170 Å². The third-order valence-electron chi connectivity index (χ3n) is 16.9. The number of imidazole rings is 4. The molecule has 84 heavy (non-hydrogen) atoms. The Hall–Kier alpha value is -7.48. The Morgan fingerprint density at radius 2 is 0.774 bits per heavy atom. The van der Waals surface area contributed by atoms with Crippen LogP contribution in [0, 0.1) is 71.0 Å². The number of aromatic nitrogens is 8. The Morgan fingerprint density at radius 3 is 1.04 bits per heavy atom. The number of H-pyrrole nitrogens is 4. The zero-order valence-corrected chi connectivity index (χ0v) is 48.9. The minimum Gasteiger partial charge on any atom is -0.550 e. The van der Waals surface area contributed by atoms with Crippen LogP contribution in [-0.4, -0.2) is 138 Å². The Bertz CT molecular complexity index is 2450. The minimum atomic E-state index is -0.955. The number of carboxylic acids is 4. The van der Waals surface area contributed by atoms with E-state index in [-0.39, 0.29) is 65.1 Å². The molecule has 0 saturated heterocycles. The third-order valence-corrected chi connectivity index (χ3v) is 16.9. The summed E-state index contributed by atoms with van der Waals surface area (Å²) >= 11 is 0. The van der Waals surface area contributed by atoms with Gasteiger partial charge in [-0.2, -0.15) is 0 Å². The van der Waals surface area contributed by atoms with E-state index in [9.17, 15) is 34.5 Å². The molecule has 0 bridgehead atoms. The SMILES string of the molecule is COC(=[NH2+])CCCCC(=[NH2+])OC.NC(CCCCC(N)=[NH+]CCCC1C(Cc2cnc[nH]2)C1C(=O)O)=[NH+]CCCC1C(Cc2cnc[nH]2)C1C(=O)[O-].NCCCC1C(Cc2cnc[nH]2)C1C(=O)O.NCCCC1C(Cc2cnc[nH]2)C1C(=O)[O-]. The second-order valence-electron chi connectivity index (χ2n) is 22.7. The first-order chi connectivity index (χ1) is 40.5. The number of unbranched alkanes of at least 4 members (excludes halogenated alkanes) is 2. The number of amidine groups is 2. The molecule has 26 nitrogen and oxygen atoms in total. The maximum absolute atomic E-state index is 11.5. The van der Waals surface area contributed by atoms with Crippen molar-refractivity contribution < 1.29 is 69.9 Å². The van der Waals surface area contributed by atoms with Crippen LogP contribution in [-0.2, 0) is 54.3 Å². The number of nitrogens with two attached hydrogens (primary N) is 6. The lowest BCUT2D eigenvalue weighted by Gasteiger charge is -2.00. The lowest BCUT2D eigenvalue weighted by Crippen LogP contribution is -2.75. The fourth-order valence-corrected chi connectivity index (χ4v) is 12.0. The van der Waals surface area contributed by atoms with Crippen molar-refractivity contribution >= 4 is 47.3 Å². The standard InChI is InChI=1S/C28H42N8O4.2C11H17N3O2.C8H16N2O2/c29-23(33-9-3-5-19-21(25(19)27(37)38)11-17-13-31-15-35-17)7-1-2-8-24(30)34-10-4-6-20-22(26(20)28(39)40)12-18-14-32-16-36-18;2*12-3-1-2-8-9(10(8)11(15)16)4-7-5-13-6-14-7;1-11-7(9)5-3-4-6-8(10)12-2/h13-16,19-22,25-26H,1-12H2,(H2,29,33)(H2,30,34)(H,31,35)(H,32,36)(H,37,38)(H,39,40);2*5-6,8-10H,1-4,12H2,(H,13,14)(H,15,16);9-10H,3-6H2,1-2H3/p+2. The number of rotatable bonds is 36. The first-order valence-corrected chi connectivity index (χ1v) is 29.7. The van der Waals surface area contributed by atoms with Gasteiger partial charge in [0.05, 0.1) is 77.3 Å².